The zero-order valence-electron chi connectivity index (χ0n) is 13.8. The third-order valence-electron chi connectivity index (χ3n) is 3.37. The summed E-state index contributed by atoms with van der Waals surface area (Å²) >= 11 is 6.13. The van der Waals surface area contributed by atoms with Gasteiger partial charge in [0, 0.05) is 17.3 Å². The van der Waals surface area contributed by atoms with Gasteiger partial charge in [0.05, 0.1) is 11.1 Å². The lowest BCUT2D eigenvalue weighted by molar-refractivity contribution is 0.0988. The van der Waals surface area contributed by atoms with Crippen molar-refractivity contribution in [3.8, 4) is 17.0 Å². The summed E-state index contributed by atoms with van der Waals surface area (Å²) in [5, 5.41) is 7.22. The summed E-state index contributed by atoms with van der Waals surface area (Å²) in [7, 11) is 0. The number of nitrogens with zero attached hydrogens (tertiary/aromatic N) is 1. The summed E-state index contributed by atoms with van der Waals surface area (Å²) in [6.45, 7) is 3.91. The van der Waals surface area contributed by atoms with E-state index in [0.29, 0.717) is 22.0 Å². The second-order valence-electron chi connectivity index (χ2n) is 5.70. The van der Waals surface area contributed by atoms with Gasteiger partial charge in [0.2, 0.25) is 5.76 Å². The molecule has 1 amide bonds. The van der Waals surface area contributed by atoms with Gasteiger partial charge in [-0.3, -0.25) is 4.79 Å². The second kappa shape index (κ2) is 7.40. The predicted molar refractivity (Wildman–Crippen MR) is 97.1 cm³/mol. The Hall–Kier alpha value is -2.79. The van der Waals surface area contributed by atoms with Gasteiger partial charge in [-0.2, -0.15) is 0 Å². The van der Waals surface area contributed by atoms with Crippen molar-refractivity contribution in [3.05, 3.63) is 65.4 Å². The van der Waals surface area contributed by atoms with Gasteiger partial charge in [-0.05, 0) is 44.2 Å². The van der Waals surface area contributed by atoms with E-state index in [4.69, 9.17) is 20.9 Å². The van der Waals surface area contributed by atoms with Crippen LogP contribution in [0.2, 0.25) is 5.02 Å². The maximum Gasteiger partial charge on any atom is 0.294 e. The number of anilines is 1. The molecule has 1 N–H and O–H groups in total. The van der Waals surface area contributed by atoms with Gasteiger partial charge in [-0.25, -0.2) is 0 Å². The molecule has 0 radical (unpaired) electrons. The topological polar surface area (TPSA) is 64.4 Å². The molecule has 0 fully saturated rings. The third kappa shape index (κ3) is 4.19. The monoisotopic (exact) mass is 356 g/mol. The minimum atomic E-state index is -0.386. The van der Waals surface area contributed by atoms with Crippen molar-refractivity contribution in [2.24, 2.45) is 0 Å². The summed E-state index contributed by atoms with van der Waals surface area (Å²) in [6.07, 6.45) is 0.0952. The van der Waals surface area contributed by atoms with Crippen molar-refractivity contribution in [2.75, 3.05) is 5.32 Å². The summed E-state index contributed by atoms with van der Waals surface area (Å²) in [5.74, 6) is 0.467. The fraction of sp³-hybridized carbons (Fsp3) is 0.158. The molecule has 0 aliphatic carbocycles. The number of hydrogen-bond donors (Lipinski definition) is 1. The second-order valence-corrected chi connectivity index (χ2v) is 6.11. The average Bonchev–Trinajstić information content (AvgIpc) is 3.06. The van der Waals surface area contributed by atoms with Crippen LogP contribution in [0.15, 0.2) is 59.1 Å². The molecule has 3 aromatic rings. The first-order valence-electron chi connectivity index (χ1n) is 7.82. The molecule has 0 unspecified atom stereocenters. The van der Waals surface area contributed by atoms with Crippen LogP contribution in [-0.4, -0.2) is 17.2 Å². The van der Waals surface area contributed by atoms with E-state index in [9.17, 15) is 4.79 Å². The van der Waals surface area contributed by atoms with Gasteiger partial charge in [-0.1, -0.05) is 35.0 Å². The van der Waals surface area contributed by atoms with Crippen molar-refractivity contribution in [1.82, 2.24) is 5.16 Å². The molecule has 1 aromatic heterocycles. The molecule has 0 saturated heterocycles. The fourth-order valence-electron chi connectivity index (χ4n) is 2.26. The van der Waals surface area contributed by atoms with E-state index < -0.39 is 0 Å². The van der Waals surface area contributed by atoms with E-state index in [1.165, 1.54) is 0 Å². The SMILES string of the molecule is CC(C)Oc1ccc(NC(=O)c2cc(-c3ccccc3Cl)no2)cc1. The lowest BCUT2D eigenvalue weighted by Crippen LogP contribution is -2.11. The number of nitrogens with one attached hydrogen (secondary N) is 1. The van der Waals surface area contributed by atoms with E-state index in [0.717, 1.165) is 5.75 Å². The molecule has 0 saturated carbocycles. The van der Waals surface area contributed by atoms with Crippen LogP contribution in [0.25, 0.3) is 11.3 Å². The molecule has 5 nitrogen and oxygen atoms in total. The normalized spacial score (nSPS) is 10.7. The Kier molecular flexibility index (Phi) is 5.05. The molecule has 128 valence electrons. The molecule has 6 heteroatoms. The summed E-state index contributed by atoms with van der Waals surface area (Å²) in [5.41, 5.74) is 1.86. The van der Waals surface area contributed by atoms with Crippen LogP contribution in [0, 0.1) is 0 Å². The number of carbonyl (C=O) groups is 1. The van der Waals surface area contributed by atoms with Crippen LogP contribution in [0.3, 0.4) is 0 Å². The maximum absolute atomic E-state index is 12.3. The number of hydrogen-bond acceptors (Lipinski definition) is 4. The molecule has 3 rings (SSSR count). The van der Waals surface area contributed by atoms with Gasteiger partial charge >= 0.3 is 0 Å². The van der Waals surface area contributed by atoms with Crippen molar-refractivity contribution in [2.45, 2.75) is 20.0 Å². The maximum atomic E-state index is 12.3. The van der Waals surface area contributed by atoms with Crippen LogP contribution in [0.5, 0.6) is 5.75 Å². The highest BCUT2D eigenvalue weighted by molar-refractivity contribution is 6.33. The molecular formula is C19H17ClN2O3. The number of amides is 1. The molecule has 1 heterocycles. The van der Waals surface area contributed by atoms with Gasteiger partial charge in [-0.15, -0.1) is 0 Å². The van der Waals surface area contributed by atoms with Gasteiger partial charge < -0.3 is 14.6 Å². The first kappa shape index (κ1) is 17.0. The zero-order valence-corrected chi connectivity index (χ0v) is 14.6. The lowest BCUT2D eigenvalue weighted by atomic mass is 10.1. The highest BCUT2D eigenvalue weighted by Gasteiger charge is 2.15. The van der Waals surface area contributed by atoms with E-state index in [2.05, 4.69) is 10.5 Å². The Morgan fingerprint density at radius 1 is 1.16 bits per heavy atom. The minimum Gasteiger partial charge on any atom is -0.491 e. The molecule has 0 atom stereocenters. The number of ether oxygens (including phenoxy) is 1. The van der Waals surface area contributed by atoms with Crippen LogP contribution >= 0.6 is 11.6 Å². The van der Waals surface area contributed by atoms with E-state index in [1.807, 2.05) is 32.0 Å². The number of rotatable bonds is 5. The highest BCUT2D eigenvalue weighted by Crippen LogP contribution is 2.27. The Morgan fingerprint density at radius 3 is 2.56 bits per heavy atom. The van der Waals surface area contributed by atoms with Crippen LogP contribution < -0.4 is 10.1 Å². The molecule has 0 aliphatic rings. The number of halogens is 1. The Balaban J connectivity index is 1.71. The van der Waals surface area contributed by atoms with Gasteiger partial charge in [0.25, 0.3) is 5.91 Å². The molecular weight excluding hydrogens is 340 g/mol. The van der Waals surface area contributed by atoms with Gasteiger partial charge in [0.15, 0.2) is 0 Å². The third-order valence-corrected chi connectivity index (χ3v) is 3.70. The molecule has 0 bridgehead atoms. The molecule has 25 heavy (non-hydrogen) atoms. The van der Waals surface area contributed by atoms with Gasteiger partial charge in [0.1, 0.15) is 11.4 Å². The van der Waals surface area contributed by atoms with Crippen LogP contribution in [0.1, 0.15) is 24.4 Å². The fourth-order valence-corrected chi connectivity index (χ4v) is 2.49. The lowest BCUT2D eigenvalue weighted by Gasteiger charge is -2.10. The summed E-state index contributed by atoms with van der Waals surface area (Å²) in [4.78, 5) is 12.3. The van der Waals surface area contributed by atoms with Crippen molar-refractivity contribution in [1.29, 1.82) is 0 Å². The first-order chi connectivity index (χ1) is 12.0. The molecule has 0 spiro atoms. The Labute approximate surface area is 150 Å². The van der Waals surface area contributed by atoms with E-state index in [1.54, 1.807) is 36.4 Å². The van der Waals surface area contributed by atoms with Crippen LogP contribution in [0.4, 0.5) is 5.69 Å². The molecule has 2 aromatic carbocycles. The smallest absolute Gasteiger partial charge is 0.294 e. The first-order valence-corrected chi connectivity index (χ1v) is 8.20. The standard InChI is InChI=1S/C19H17ClN2O3/c1-12(2)24-14-9-7-13(8-10-14)21-19(23)18-11-17(22-25-18)15-5-3-4-6-16(15)20/h3-12H,1-2H3,(H,21,23). The molecule has 0 aliphatic heterocycles. The Morgan fingerprint density at radius 2 is 1.88 bits per heavy atom. The number of carbonyl (C=O) groups excluding carboxylic acids is 1. The predicted octanol–water partition coefficient (Wildman–Crippen LogP) is 5.03. The van der Waals surface area contributed by atoms with E-state index >= 15 is 0 Å². The largest absolute Gasteiger partial charge is 0.491 e. The van der Waals surface area contributed by atoms with Crippen LogP contribution in [-0.2, 0) is 0 Å². The van der Waals surface area contributed by atoms with Crippen molar-refractivity contribution < 1.29 is 14.1 Å². The van der Waals surface area contributed by atoms with Crippen molar-refractivity contribution >= 4 is 23.2 Å². The number of aromatic nitrogens is 1. The zero-order chi connectivity index (χ0) is 17.8. The average molecular weight is 357 g/mol. The minimum absolute atomic E-state index is 0.0952. The van der Waals surface area contributed by atoms with E-state index in [-0.39, 0.29) is 17.8 Å². The Bertz CT molecular complexity index is 872. The number of benzene rings is 2. The summed E-state index contributed by atoms with van der Waals surface area (Å²) in [6, 6.07) is 15.9. The quantitative estimate of drug-likeness (QED) is 0.696. The summed E-state index contributed by atoms with van der Waals surface area (Å²) < 4.78 is 10.7. The highest BCUT2D eigenvalue weighted by atomic mass is 35.5. The van der Waals surface area contributed by atoms with Crippen molar-refractivity contribution in [3.63, 3.8) is 0 Å².